The maximum atomic E-state index is 13.3. The van der Waals surface area contributed by atoms with Gasteiger partial charge in [-0.2, -0.15) is 10.2 Å². The van der Waals surface area contributed by atoms with E-state index in [0.29, 0.717) is 35.0 Å². The molecule has 1 unspecified atom stereocenters. The van der Waals surface area contributed by atoms with E-state index in [-0.39, 0.29) is 18.1 Å². The van der Waals surface area contributed by atoms with E-state index in [2.05, 4.69) is 15.2 Å². The summed E-state index contributed by atoms with van der Waals surface area (Å²) in [5.41, 5.74) is 1.97. The topological polar surface area (TPSA) is 133 Å². The van der Waals surface area contributed by atoms with E-state index in [1.165, 1.54) is 28.2 Å². The predicted molar refractivity (Wildman–Crippen MR) is 128 cm³/mol. The van der Waals surface area contributed by atoms with Gasteiger partial charge in [0.2, 0.25) is 0 Å². The average molecular weight is 482 g/mol. The number of rotatable bonds is 6. The van der Waals surface area contributed by atoms with Gasteiger partial charge in [0.1, 0.15) is 36.0 Å². The van der Waals surface area contributed by atoms with E-state index >= 15 is 0 Å². The van der Waals surface area contributed by atoms with Crippen LogP contribution in [0.15, 0.2) is 93.3 Å². The summed E-state index contributed by atoms with van der Waals surface area (Å²) in [6, 6.07) is 18.6. The van der Waals surface area contributed by atoms with Crippen molar-refractivity contribution in [3.8, 4) is 11.4 Å². The third-order valence-corrected chi connectivity index (χ3v) is 5.92. The Hall–Kier alpha value is -5.06. The molecule has 36 heavy (non-hydrogen) atoms. The molecule has 6 rings (SSSR count). The molecular formula is C25H18N6O5. The number of fused-ring (bicyclic) bond motifs is 1. The first-order valence-corrected chi connectivity index (χ1v) is 11.1. The van der Waals surface area contributed by atoms with E-state index in [9.17, 15) is 14.9 Å². The fraction of sp³-hybridized carbons (Fsp3) is 0.120. The van der Waals surface area contributed by atoms with Gasteiger partial charge in [-0.05, 0) is 36.4 Å². The molecule has 11 nitrogen and oxygen atoms in total. The number of nitro groups is 1. The second-order valence-electron chi connectivity index (χ2n) is 8.24. The van der Waals surface area contributed by atoms with Gasteiger partial charge < -0.3 is 8.83 Å². The van der Waals surface area contributed by atoms with E-state index in [0.717, 1.165) is 11.0 Å². The van der Waals surface area contributed by atoms with Crippen LogP contribution in [0.4, 0.5) is 5.69 Å². The Morgan fingerprint density at radius 2 is 1.94 bits per heavy atom. The number of hydrogen-bond acceptors (Lipinski definition) is 8. The number of nitrogens with zero attached hydrogens (tertiary/aromatic N) is 6. The van der Waals surface area contributed by atoms with Gasteiger partial charge in [0.05, 0.1) is 11.2 Å². The van der Waals surface area contributed by atoms with Gasteiger partial charge in [-0.3, -0.25) is 14.9 Å². The van der Waals surface area contributed by atoms with Gasteiger partial charge in [-0.1, -0.05) is 18.2 Å². The Kier molecular flexibility index (Phi) is 5.14. The molecule has 1 amide bonds. The van der Waals surface area contributed by atoms with Crippen molar-refractivity contribution in [1.29, 1.82) is 0 Å². The van der Waals surface area contributed by atoms with Crippen molar-refractivity contribution in [1.82, 2.24) is 19.8 Å². The highest BCUT2D eigenvalue weighted by atomic mass is 16.6. The van der Waals surface area contributed by atoms with Crippen molar-refractivity contribution in [2.24, 2.45) is 5.10 Å². The summed E-state index contributed by atoms with van der Waals surface area (Å²) in [7, 11) is 0. The van der Waals surface area contributed by atoms with Crippen LogP contribution in [0.1, 0.15) is 24.0 Å². The smallest absolute Gasteiger partial charge is 0.269 e. The van der Waals surface area contributed by atoms with Crippen LogP contribution in [-0.4, -0.2) is 36.3 Å². The average Bonchev–Trinajstić information content (AvgIpc) is 3.69. The number of hydrogen-bond donors (Lipinski definition) is 0. The van der Waals surface area contributed by atoms with Crippen LogP contribution >= 0.6 is 0 Å². The van der Waals surface area contributed by atoms with Gasteiger partial charge in [0.15, 0.2) is 11.6 Å². The van der Waals surface area contributed by atoms with Crippen LogP contribution in [0, 0.1) is 10.1 Å². The van der Waals surface area contributed by atoms with Crippen LogP contribution in [-0.2, 0) is 11.3 Å². The fourth-order valence-electron chi connectivity index (χ4n) is 4.16. The van der Waals surface area contributed by atoms with Gasteiger partial charge in [0, 0.05) is 29.5 Å². The zero-order chi connectivity index (χ0) is 24.6. The van der Waals surface area contributed by atoms with E-state index in [4.69, 9.17) is 8.83 Å². The Balaban J connectivity index is 1.25. The Morgan fingerprint density at radius 1 is 1.11 bits per heavy atom. The monoisotopic (exact) mass is 482 g/mol. The van der Waals surface area contributed by atoms with Crippen molar-refractivity contribution in [2.45, 2.75) is 19.0 Å². The number of non-ortho nitro benzene ring substituents is 1. The van der Waals surface area contributed by atoms with Crippen LogP contribution in [0.5, 0.6) is 0 Å². The van der Waals surface area contributed by atoms with Crippen LogP contribution in [0.25, 0.3) is 22.4 Å². The third-order valence-electron chi connectivity index (χ3n) is 5.92. The lowest BCUT2D eigenvalue weighted by molar-refractivity contribution is -0.384. The lowest BCUT2D eigenvalue weighted by atomic mass is 10.1. The number of nitro benzene ring substituents is 1. The van der Waals surface area contributed by atoms with Crippen LogP contribution in [0.3, 0.4) is 0 Å². The second kappa shape index (κ2) is 8.62. The number of carbonyl (C=O) groups excluding carboxylic acids is 1. The quantitative estimate of drug-likeness (QED) is 0.256. The Labute approximate surface area is 203 Å². The minimum Gasteiger partial charge on any atom is -0.467 e. The molecule has 0 saturated heterocycles. The van der Waals surface area contributed by atoms with Crippen molar-refractivity contribution in [2.75, 3.05) is 0 Å². The van der Waals surface area contributed by atoms with Crippen molar-refractivity contribution in [3.05, 3.63) is 101 Å². The molecule has 178 valence electrons. The summed E-state index contributed by atoms with van der Waals surface area (Å²) < 4.78 is 13.0. The molecule has 0 saturated carbocycles. The molecule has 0 fully saturated rings. The van der Waals surface area contributed by atoms with Gasteiger partial charge in [0.25, 0.3) is 11.6 Å². The molecule has 3 aromatic heterocycles. The number of aromatic nitrogens is 3. The van der Waals surface area contributed by atoms with Gasteiger partial charge in [-0.25, -0.2) is 14.7 Å². The zero-order valence-corrected chi connectivity index (χ0v) is 18.7. The van der Waals surface area contributed by atoms with Crippen LogP contribution < -0.4 is 0 Å². The van der Waals surface area contributed by atoms with E-state index in [1.54, 1.807) is 24.5 Å². The maximum Gasteiger partial charge on any atom is 0.269 e. The first-order valence-electron chi connectivity index (χ1n) is 11.1. The van der Waals surface area contributed by atoms with Crippen molar-refractivity contribution in [3.63, 3.8) is 0 Å². The Bertz CT molecular complexity index is 1570. The summed E-state index contributed by atoms with van der Waals surface area (Å²) in [4.78, 5) is 28.0. The first-order chi connectivity index (χ1) is 17.5. The molecule has 5 aromatic rings. The van der Waals surface area contributed by atoms with Crippen molar-refractivity contribution >= 4 is 28.3 Å². The molecular weight excluding hydrogens is 464 g/mol. The minimum atomic E-state index is -0.472. The molecule has 1 aliphatic rings. The van der Waals surface area contributed by atoms with Crippen LogP contribution in [0.2, 0.25) is 0 Å². The summed E-state index contributed by atoms with van der Waals surface area (Å²) in [6.45, 7) is -0.103. The van der Waals surface area contributed by atoms with Crippen molar-refractivity contribution < 1.29 is 18.6 Å². The molecule has 2 aromatic carbocycles. The zero-order valence-electron chi connectivity index (χ0n) is 18.7. The number of para-hydroxylation sites is 1. The number of hydrazone groups is 1. The summed E-state index contributed by atoms with van der Waals surface area (Å²) in [5.74, 6) is 1.27. The standard InChI is InChI=1S/C25H18N6O5/c32-24(14-29-15-26-25(28-29)16-7-9-18(10-8-16)31(33)34)30-20(22-6-3-11-35-22)13-19(27-30)23-12-17-4-1-2-5-21(17)36-23/h1-12,15,20H,13-14H2. The second-order valence-corrected chi connectivity index (χ2v) is 8.24. The lowest BCUT2D eigenvalue weighted by Crippen LogP contribution is -2.30. The van der Waals surface area contributed by atoms with Gasteiger partial charge >= 0.3 is 0 Å². The summed E-state index contributed by atoms with van der Waals surface area (Å²) in [6.07, 6.45) is 3.44. The molecule has 0 bridgehead atoms. The molecule has 1 atom stereocenters. The highest BCUT2D eigenvalue weighted by Crippen LogP contribution is 2.34. The number of carbonyl (C=O) groups is 1. The molecule has 0 radical (unpaired) electrons. The number of furan rings is 2. The van der Waals surface area contributed by atoms with E-state index < -0.39 is 11.0 Å². The molecule has 1 aliphatic heterocycles. The molecule has 0 N–H and O–H groups in total. The molecule has 11 heteroatoms. The molecule has 0 aliphatic carbocycles. The minimum absolute atomic E-state index is 0.0236. The van der Waals surface area contributed by atoms with Gasteiger partial charge in [-0.15, -0.1) is 0 Å². The summed E-state index contributed by atoms with van der Waals surface area (Å²) >= 11 is 0. The maximum absolute atomic E-state index is 13.3. The number of benzene rings is 2. The number of amides is 1. The fourth-order valence-corrected chi connectivity index (χ4v) is 4.16. The highest BCUT2D eigenvalue weighted by Gasteiger charge is 2.36. The van der Waals surface area contributed by atoms with E-state index in [1.807, 2.05) is 36.4 Å². The Morgan fingerprint density at radius 3 is 2.69 bits per heavy atom. The third kappa shape index (κ3) is 3.92. The first kappa shape index (κ1) is 21.5. The molecule has 0 spiro atoms. The normalized spacial score (nSPS) is 15.4. The highest BCUT2D eigenvalue weighted by molar-refractivity contribution is 6.03. The summed E-state index contributed by atoms with van der Waals surface area (Å²) in [5, 5.41) is 22.2. The molecule has 4 heterocycles. The predicted octanol–water partition coefficient (Wildman–Crippen LogP) is 4.57. The lowest BCUT2D eigenvalue weighted by Gasteiger charge is -2.19. The SMILES string of the molecule is O=C(Cn1cnc(-c2ccc([N+](=O)[O-])cc2)n1)N1N=C(c2cc3ccccc3o2)CC1c1ccco1. The largest absolute Gasteiger partial charge is 0.467 e.